The average molecular weight is 229 g/mol. The second-order valence-electron chi connectivity index (χ2n) is 6.00. The van der Waals surface area contributed by atoms with Crippen LogP contribution in [0.5, 0.6) is 0 Å². The lowest BCUT2D eigenvalue weighted by molar-refractivity contribution is -0.0696. The first kappa shape index (κ1) is 15.9. The molecule has 0 aromatic heterocycles. The first-order chi connectivity index (χ1) is 7.25. The fourth-order valence-corrected chi connectivity index (χ4v) is 1.79. The molecule has 2 N–H and O–H groups in total. The third-order valence-electron chi connectivity index (χ3n) is 4.16. The zero-order chi connectivity index (χ0) is 12.8. The van der Waals surface area contributed by atoms with Gasteiger partial charge in [-0.3, -0.25) is 0 Å². The summed E-state index contributed by atoms with van der Waals surface area (Å²) in [7, 11) is 0. The first-order valence-corrected chi connectivity index (χ1v) is 6.51. The van der Waals surface area contributed by atoms with Crippen molar-refractivity contribution in [2.45, 2.75) is 73.1 Å². The summed E-state index contributed by atoms with van der Waals surface area (Å²) < 4.78 is 0. The predicted molar refractivity (Wildman–Crippen MR) is 68.1 cm³/mol. The molecule has 2 nitrogen and oxygen atoms in total. The lowest BCUT2D eigenvalue weighted by atomic mass is 9.65. The van der Waals surface area contributed by atoms with Crippen LogP contribution in [0.15, 0.2) is 0 Å². The summed E-state index contributed by atoms with van der Waals surface area (Å²) in [6.45, 7) is 10.2. The molecular weight excluding hydrogens is 200 g/mol. The van der Waals surface area contributed by atoms with Crippen LogP contribution in [-0.2, 0) is 0 Å². The van der Waals surface area contributed by atoms with Gasteiger partial charge >= 0.3 is 0 Å². The van der Waals surface area contributed by atoms with Gasteiger partial charge in [0.2, 0.25) is 6.29 Å². The molecule has 0 aromatic carbocycles. The first-order valence-electron chi connectivity index (χ1n) is 6.51. The summed E-state index contributed by atoms with van der Waals surface area (Å²) >= 11 is 0. The Morgan fingerprint density at radius 2 is 1.38 bits per heavy atom. The van der Waals surface area contributed by atoms with E-state index < -0.39 is 11.7 Å². The standard InChI is InChI=1S/C14H29O2/c1-6-7-8-9-10-11-13(2,3)14(4,5)12(15)16/h15-16H,6-11H2,1-5H3. The highest BCUT2D eigenvalue weighted by atomic mass is 16.5. The molecule has 0 heterocycles. The zero-order valence-corrected chi connectivity index (χ0v) is 11.6. The van der Waals surface area contributed by atoms with Crippen molar-refractivity contribution < 1.29 is 10.2 Å². The Kier molecular flexibility index (Phi) is 6.57. The normalized spacial score (nSPS) is 13.5. The van der Waals surface area contributed by atoms with E-state index in [2.05, 4.69) is 20.8 Å². The minimum atomic E-state index is -0.530. The summed E-state index contributed by atoms with van der Waals surface area (Å²) in [6.07, 6.45) is 6.88. The molecule has 0 fully saturated rings. The molecule has 0 amide bonds. The van der Waals surface area contributed by atoms with Crippen LogP contribution in [-0.4, -0.2) is 10.2 Å². The van der Waals surface area contributed by atoms with Crippen molar-refractivity contribution in [3.05, 3.63) is 6.29 Å². The Bertz CT molecular complexity index is 183. The van der Waals surface area contributed by atoms with E-state index in [9.17, 15) is 10.2 Å². The summed E-state index contributed by atoms with van der Waals surface area (Å²) in [4.78, 5) is 0. The van der Waals surface area contributed by atoms with E-state index >= 15 is 0 Å². The van der Waals surface area contributed by atoms with Gasteiger partial charge in [-0.25, -0.2) is 0 Å². The van der Waals surface area contributed by atoms with Gasteiger partial charge in [-0.1, -0.05) is 66.7 Å². The van der Waals surface area contributed by atoms with E-state index in [4.69, 9.17) is 0 Å². The lowest BCUT2D eigenvalue weighted by Crippen LogP contribution is -2.38. The molecule has 0 saturated carbocycles. The molecule has 0 rings (SSSR count). The van der Waals surface area contributed by atoms with Gasteiger partial charge in [-0.2, -0.15) is 0 Å². The maximum Gasteiger partial charge on any atom is 0.224 e. The average Bonchev–Trinajstić information content (AvgIpc) is 2.16. The molecular formula is C14H29O2. The molecule has 1 radical (unpaired) electrons. The van der Waals surface area contributed by atoms with Gasteiger partial charge in [0.05, 0.1) is 0 Å². The fourth-order valence-electron chi connectivity index (χ4n) is 1.79. The highest BCUT2D eigenvalue weighted by Crippen LogP contribution is 2.46. The monoisotopic (exact) mass is 229 g/mol. The van der Waals surface area contributed by atoms with Crippen molar-refractivity contribution in [3.8, 4) is 0 Å². The smallest absolute Gasteiger partial charge is 0.224 e. The molecule has 0 spiro atoms. The number of rotatable bonds is 8. The van der Waals surface area contributed by atoms with Crippen LogP contribution < -0.4 is 0 Å². The molecule has 0 bridgehead atoms. The summed E-state index contributed by atoms with van der Waals surface area (Å²) in [5.41, 5.74) is -0.601. The fraction of sp³-hybridized carbons (Fsp3) is 0.929. The minimum absolute atomic E-state index is 0.0714. The second kappa shape index (κ2) is 6.61. The number of unbranched alkanes of at least 4 members (excludes halogenated alkanes) is 4. The molecule has 0 aliphatic rings. The van der Waals surface area contributed by atoms with E-state index in [1.165, 1.54) is 32.1 Å². The number of hydrogen-bond acceptors (Lipinski definition) is 2. The largest absolute Gasteiger partial charge is 0.361 e. The molecule has 0 saturated heterocycles. The third-order valence-corrected chi connectivity index (χ3v) is 4.16. The summed E-state index contributed by atoms with van der Waals surface area (Å²) in [5.74, 6) is 0. The highest BCUT2D eigenvalue weighted by molar-refractivity contribution is 4.95. The van der Waals surface area contributed by atoms with Crippen LogP contribution in [0.1, 0.15) is 73.1 Å². The molecule has 97 valence electrons. The predicted octanol–water partition coefficient (Wildman–Crippen LogP) is 4.63. The quantitative estimate of drug-likeness (QED) is 0.595. The van der Waals surface area contributed by atoms with E-state index in [0.29, 0.717) is 0 Å². The van der Waals surface area contributed by atoms with Gasteiger partial charge in [0.25, 0.3) is 0 Å². The van der Waals surface area contributed by atoms with Crippen molar-refractivity contribution in [2.24, 2.45) is 10.8 Å². The van der Waals surface area contributed by atoms with E-state index in [1.807, 2.05) is 13.8 Å². The minimum Gasteiger partial charge on any atom is -0.361 e. The van der Waals surface area contributed by atoms with Crippen LogP contribution in [0.4, 0.5) is 0 Å². The van der Waals surface area contributed by atoms with Gasteiger partial charge < -0.3 is 10.2 Å². The molecule has 0 aromatic rings. The second-order valence-corrected chi connectivity index (χ2v) is 6.00. The molecule has 2 heteroatoms. The SMILES string of the molecule is CCCCCCCC(C)(C)C(C)(C)[C](O)O. The maximum atomic E-state index is 9.33. The molecule has 0 unspecified atom stereocenters. The Morgan fingerprint density at radius 3 is 1.81 bits per heavy atom. The molecule has 16 heavy (non-hydrogen) atoms. The van der Waals surface area contributed by atoms with E-state index in [-0.39, 0.29) is 5.41 Å². The lowest BCUT2D eigenvalue weighted by Gasteiger charge is -2.42. The highest BCUT2D eigenvalue weighted by Gasteiger charge is 2.42. The van der Waals surface area contributed by atoms with Gasteiger partial charge in [-0.15, -0.1) is 0 Å². The Labute approximate surface area is 101 Å². The van der Waals surface area contributed by atoms with Crippen molar-refractivity contribution in [3.63, 3.8) is 0 Å². The van der Waals surface area contributed by atoms with Crippen molar-refractivity contribution in [2.75, 3.05) is 0 Å². The van der Waals surface area contributed by atoms with Gasteiger partial charge in [-0.05, 0) is 11.8 Å². The van der Waals surface area contributed by atoms with Crippen LogP contribution in [0, 0.1) is 17.1 Å². The summed E-state index contributed by atoms with van der Waals surface area (Å²) in [6, 6.07) is 0. The molecule has 0 aliphatic carbocycles. The van der Waals surface area contributed by atoms with Crippen LogP contribution >= 0.6 is 0 Å². The van der Waals surface area contributed by atoms with Crippen molar-refractivity contribution >= 4 is 0 Å². The van der Waals surface area contributed by atoms with Crippen molar-refractivity contribution in [1.82, 2.24) is 0 Å². The number of hydrogen-bond donors (Lipinski definition) is 2. The van der Waals surface area contributed by atoms with Gasteiger partial charge in [0.15, 0.2) is 0 Å². The van der Waals surface area contributed by atoms with Gasteiger partial charge in [0, 0.05) is 5.41 Å². The third kappa shape index (κ3) is 4.42. The van der Waals surface area contributed by atoms with Crippen LogP contribution in [0.2, 0.25) is 0 Å². The number of aliphatic hydroxyl groups is 2. The number of aliphatic hydroxyl groups excluding tert-OH is 1. The van der Waals surface area contributed by atoms with Crippen molar-refractivity contribution in [1.29, 1.82) is 0 Å². The summed E-state index contributed by atoms with van der Waals surface area (Å²) in [5, 5.41) is 18.7. The Hall–Kier alpha value is -0.0800. The Balaban J connectivity index is 4.04. The maximum absolute atomic E-state index is 9.33. The Morgan fingerprint density at radius 1 is 0.875 bits per heavy atom. The van der Waals surface area contributed by atoms with Crippen LogP contribution in [0.25, 0.3) is 0 Å². The van der Waals surface area contributed by atoms with Crippen LogP contribution in [0.3, 0.4) is 0 Å². The zero-order valence-electron chi connectivity index (χ0n) is 11.6. The topological polar surface area (TPSA) is 40.5 Å². The molecule has 0 aliphatic heterocycles. The van der Waals surface area contributed by atoms with Gasteiger partial charge in [0.1, 0.15) is 0 Å². The molecule has 0 atom stereocenters. The van der Waals surface area contributed by atoms with E-state index in [0.717, 1.165) is 6.42 Å². The van der Waals surface area contributed by atoms with E-state index in [1.54, 1.807) is 0 Å².